The van der Waals surface area contributed by atoms with Gasteiger partial charge in [0.25, 0.3) is 0 Å². The third-order valence-electron chi connectivity index (χ3n) is 7.01. The first kappa shape index (κ1) is 27.9. The van der Waals surface area contributed by atoms with Crippen molar-refractivity contribution in [1.82, 2.24) is 14.5 Å². The van der Waals surface area contributed by atoms with E-state index in [1.807, 2.05) is 79.0 Å². The van der Waals surface area contributed by atoms with Crippen molar-refractivity contribution in [3.8, 4) is 28.4 Å². The van der Waals surface area contributed by atoms with Crippen LogP contribution in [0.2, 0.25) is 0 Å². The maximum atomic E-state index is 13.5. The molecule has 0 spiro atoms. The van der Waals surface area contributed by atoms with Crippen molar-refractivity contribution in [2.45, 2.75) is 25.4 Å². The second kappa shape index (κ2) is 13.1. The Labute approximate surface area is 239 Å². The Kier molecular flexibility index (Phi) is 8.95. The van der Waals surface area contributed by atoms with Crippen LogP contribution >= 0.6 is 0 Å². The smallest absolute Gasteiger partial charge is 0.246 e. The lowest BCUT2D eigenvalue weighted by Crippen LogP contribution is -2.43. The van der Waals surface area contributed by atoms with Gasteiger partial charge in [-0.2, -0.15) is 0 Å². The second-order valence-electron chi connectivity index (χ2n) is 9.84. The lowest BCUT2D eigenvalue weighted by Gasteiger charge is -2.25. The first-order valence-corrected chi connectivity index (χ1v) is 13.6. The topological polar surface area (TPSA) is 94.9 Å². The van der Waals surface area contributed by atoms with Gasteiger partial charge in [-0.3, -0.25) is 19.5 Å². The average Bonchev–Trinajstić information content (AvgIpc) is 3.67. The minimum Gasteiger partial charge on any atom is -0.493 e. The highest BCUT2D eigenvalue weighted by atomic mass is 16.5. The molecule has 212 valence electrons. The number of rotatable bonds is 11. The number of benzene rings is 3. The predicted molar refractivity (Wildman–Crippen MR) is 156 cm³/mol. The Bertz CT molecular complexity index is 1470. The molecule has 1 aliphatic rings. The van der Waals surface area contributed by atoms with Crippen LogP contribution in [0.25, 0.3) is 16.9 Å². The summed E-state index contributed by atoms with van der Waals surface area (Å²) in [6.07, 6.45) is 3.79. The molecule has 9 nitrogen and oxygen atoms in total. The van der Waals surface area contributed by atoms with Gasteiger partial charge in [0.05, 0.1) is 38.1 Å². The summed E-state index contributed by atoms with van der Waals surface area (Å²) in [6, 6.07) is 24.7. The van der Waals surface area contributed by atoms with Gasteiger partial charge in [-0.1, -0.05) is 60.7 Å². The van der Waals surface area contributed by atoms with E-state index in [0.717, 1.165) is 29.7 Å². The van der Waals surface area contributed by atoms with Gasteiger partial charge in [0.15, 0.2) is 11.5 Å². The van der Waals surface area contributed by atoms with Crippen molar-refractivity contribution in [1.29, 1.82) is 0 Å². The summed E-state index contributed by atoms with van der Waals surface area (Å²) in [4.78, 5) is 33.1. The lowest BCUT2D eigenvalue weighted by molar-refractivity contribution is -0.135. The first-order chi connectivity index (χ1) is 20.0. The molecule has 41 heavy (non-hydrogen) atoms. The molecule has 9 heteroatoms. The fourth-order valence-corrected chi connectivity index (χ4v) is 4.90. The second-order valence-corrected chi connectivity index (χ2v) is 9.84. The van der Waals surface area contributed by atoms with E-state index in [1.165, 1.54) is 0 Å². The average molecular weight is 555 g/mol. The summed E-state index contributed by atoms with van der Waals surface area (Å²) in [7, 11) is 3.15. The number of nitrogens with zero attached hydrogens (tertiary/aromatic N) is 3. The van der Waals surface area contributed by atoms with Crippen LogP contribution in [-0.4, -0.2) is 66.3 Å². The Hall–Kier alpha value is -4.63. The Morgan fingerprint density at radius 2 is 1.73 bits per heavy atom. The van der Waals surface area contributed by atoms with E-state index in [9.17, 15) is 9.59 Å². The fourth-order valence-electron chi connectivity index (χ4n) is 4.90. The molecular weight excluding hydrogens is 520 g/mol. The summed E-state index contributed by atoms with van der Waals surface area (Å²) in [6.45, 7) is 0.909. The number of nitrogens with one attached hydrogen (secondary N) is 1. The number of ether oxygens (including phenoxy) is 3. The lowest BCUT2D eigenvalue weighted by atomic mass is 10.1. The minimum atomic E-state index is -0.351. The zero-order valence-corrected chi connectivity index (χ0v) is 23.3. The molecule has 1 aromatic heterocycles. The third-order valence-corrected chi connectivity index (χ3v) is 7.01. The number of hydrogen-bond acceptors (Lipinski definition) is 6. The number of anilines is 1. The molecule has 1 saturated heterocycles. The molecule has 3 aromatic carbocycles. The quantitative estimate of drug-likeness (QED) is 0.288. The first-order valence-electron chi connectivity index (χ1n) is 13.6. The highest BCUT2D eigenvalue weighted by Gasteiger charge is 2.25. The monoisotopic (exact) mass is 554 g/mol. The van der Waals surface area contributed by atoms with E-state index < -0.39 is 0 Å². The van der Waals surface area contributed by atoms with Crippen LogP contribution in [0, 0.1) is 0 Å². The van der Waals surface area contributed by atoms with E-state index in [4.69, 9.17) is 19.2 Å². The van der Waals surface area contributed by atoms with Gasteiger partial charge in [0, 0.05) is 31.0 Å². The van der Waals surface area contributed by atoms with Crippen LogP contribution in [-0.2, 0) is 20.7 Å². The Morgan fingerprint density at radius 1 is 1.00 bits per heavy atom. The number of carbonyl (C=O) groups excluding carboxylic acids is 2. The molecule has 1 fully saturated rings. The molecule has 1 aliphatic heterocycles. The normalized spacial score (nSPS) is 14.4. The summed E-state index contributed by atoms with van der Waals surface area (Å²) in [5.74, 6) is 0.985. The standard InChI is InChI=1S/C32H34N4O5/c1-39-28-16-15-25(19-29(28)40-2)36-21-27(24-12-7-4-8-13-24)33-32(36)34-30(37)22-35(20-26-14-9-17-41-26)31(38)18-23-10-5-3-6-11-23/h3-8,10-13,15-16,19,21,26H,9,14,17-18,20,22H2,1-2H3,(H,33,34,37)/t26-/m1/s1. The van der Waals surface area contributed by atoms with Crippen LogP contribution in [0.4, 0.5) is 5.95 Å². The number of methoxy groups -OCH3 is 2. The molecule has 0 aliphatic carbocycles. The highest BCUT2D eigenvalue weighted by Crippen LogP contribution is 2.32. The van der Waals surface area contributed by atoms with Crippen molar-refractivity contribution in [2.24, 2.45) is 0 Å². The van der Waals surface area contributed by atoms with Gasteiger partial charge in [-0.15, -0.1) is 0 Å². The van der Waals surface area contributed by atoms with Gasteiger partial charge in [-0.05, 0) is 30.5 Å². The number of imidazole rings is 1. The van der Waals surface area contributed by atoms with Crippen LogP contribution in [0.5, 0.6) is 11.5 Å². The zero-order valence-electron chi connectivity index (χ0n) is 23.3. The van der Waals surface area contributed by atoms with Crippen molar-refractivity contribution in [2.75, 3.05) is 39.2 Å². The maximum absolute atomic E-state index is 13.5. The van der Waals surface area contributed by atoms with Crippen molar-refractivity contribution in [3.63, 3.8) is 0 Å². The summed E-state index contributed by atoms with van der Waals surface area (Å²) in [5, 5.41) is 2.95. The van der Waals surface area contributed by atoms with E-state index >= 15 is 0 Å². The molecule has 2 heterocycles. The molecular formula is C32H34N4O5. The molecule has 1 N–H and O–H groups in total. The van der Waals surface area contributed by atoms with E-state index in [0.29, 0.717) is 36.3 Å². The third kappa shape index (κ3) is 6.93. The SMILES string of the molecule is COc1ccc(-n2cc(-c3ccccc3)nc2NC(=O)CN(C[C@H]2CCCO2)C(=O)Cc2ccccc2)cc1OC. The van der Waals surface area contributed by atoms with Crippen molar-refractivity contribution >= 4 is 17.8 Å². The zero-order chi connectivity index (χ0) is 28.6. The van der Waals surface area contributed by atoms with Gasteiger partial charge in [-0.25, -0.2) is 4.98 Å². The number of aromatic nitrogens is 2. The van der Waals surface area contributed by atoms with Crippen molar-refractivity contribution in [3.05, 3.63) is 90.6 Å². The maximum Gasteiger partial charge on any atom is 0.246 e. The Morgan fingerprint density at radius 3 is 2.41 bits per heavy atom. The van der Waals surface area contributed by atoms with E-state index in [-0.39, 0.29) is 30.9 Å². The van der Waals surface area contributed by atoms with Crippen LogP contribution in [0.1, 0.15) is 18.4 Å². The van der Waals surface area contributed by atoms with E-state index in [1.54, 1.807) is 29.8 Å². The largest absolute Gasteiger partial charge is 0.493 e. The van der Waals surface area contributed by atoms with Gasteiger partial charge < -0.3 is 19.1 Å². The summed E-state index contributed by atoms with van der Waals surface area (Å²) < 4.78 is 18.5. The predicted octanol–water partition coefficient (Wildman–Crippen LogP) is 4.75. The Balaban J connectivity index is 1.41. The number of hydrogen-bond donors (Lipinski definition) is 1. The summed E-state index contributed by atoms with van der Waals surface area (Å²) in [5.41, 5.74) is 3.21. The molecule has 4 aromatic rings. The molecule has 1 atom stereocenters. The number of carbonyl (C=O) groups is 2. The van der Waals surface area contributed by atoms with Gasteiger partial charge in [0.1, 0.15) is 6.54 Å². The van der Waals surface area contributed by atoms with Crippen LogP contribution in [0.15, 0.2) is 85.1 Å². The molecule has 0 radical (unpaired) electrons. The molecule has 2 amide bonds. The van der Waals surface area contributed by atoms with Gasteiger partial charge >= 0.3 is 0 Å². The fraction of sp³-hybridized carbons (Fsp3) is 0.281. The molecule has 5 rings (SSSR count). The molecule has 0 bridgehead atoms. The highest BCUT2D eigenvalue weighted by molar-refractivity contribution is 5.94. The summed E-state index contributed by atoms with van der Waals surface area (Å²) >= 11 is 0. The minimum absolute atomic E-state index is 0.0824. The van der Waals surface area contributed by atoms with Crippen LogP contribution in [0.3, 0.4) is 0 Å². The van der Waals surface area contributed by atoms with Crippen LogP contribution < -0.4 is 14.8 Å². The van der Waals surface area contributed by atoms with Gasteiger partial charge in [0.2, 0.25) is 17.8 Å². The van der Waals surface area contributed by atoms with Crippen molar-refractivity contribution < 1.29 is 23.8 Å². The molecule has 0 unspecified atom stereocenters. The number of amides is 2. The van der Waals surface area contributed by atoms with E-state index in [2.05, 4.69) is 5.32 Å². The molecule has 0 saturated carbocycles.